The third-order valence-corrected chi connectivity index (χ3v) is 3.61. The van der Waals surface area contributed by atoms with Gasteiger partial charge in [0.2, 0.25) is 0 Å². The van der Waals surface area contributed by atoms with Gasteiger partial charge >= 0.3 is 12.4 Å². The van der Waals surface area contributed by atoms with E-state index in [0.717, 1.165) is 11.8 Å². The lowest BCUT2D eigenvalue weighted by Crippen LogP contribution is -2.32. The van der Waals surface area contributed by atoms with Crippen LogP contribution in [0.25, 0.3) is 0 Å². The summed E-state index contributed by atoms with van der Waals surface area (Å²) in [6, 6.07) is 0. The van der Waals surface area contributed by atoms with Gasteiger partial charge in [0.15, 0.2) is 11.8 Å². The van der Waals surface area contributed by atoms with Gasteiger partial charge in [0.05, 0.1) is 6.10 Å². The fourth-order valence-electron chi connectivity index (χ4n) is 2.59. The number of aliphatic hydroxyl groups is 1. The number of rotatable bonds is 4. The van der Waals surface area contributed by atoms with Gasteiger partial charge in [-0.05, 0) is 12.8 Å². The molecule has 10 heteroatoms. The lowest BCUT2D eigenvalue weighted by molar-refractivity contribution is -0.215. The highest BCUT2D eigenvalue weighted by Crippen LogP contribution is 2.41. The third-order valence-electron chi connectivity index (χ3n) is 3.61. The minimum Gasteiger partial charge on any atom is -0.388 e. The van der Waals surface area contributed by atoms with Gasteiger partial charge in [-0.3, -0.25) is 4.68 Å². The highest BCUT2D eigenvalue weighted by Gasteiger charge is 2.44. The molecular formula is C12H14F6N2O2. The Kier molecular flexibility index (Phi) is 4.44. The molecule has 0 aromatic carbocycles. The number of fused-ring (bicyclic) bond motifs is 1. The van der Waals surface area contributed by atoms with E-state index in [-0.39, 0.29) is 30.6 Å². The lowest BCUT2D eigenvalue weighted by atomic mass is 10.1. The molecule has 22 heavy (non-hydrogen) atoms. The number of aliphatic hydroxyl groups excluding tert-OH is 1. The highest BCUT2D eigenvalue weighted by atomic mass is 19.4. The van der Waals surface area contributed by atoms with Gasteiger partial charge in [-0.2, -0.15) is 31.4 Å². The average molecular weight is 332 g/mol. The summed E-state index contributed by atoms with van der Waals surface area (Å²) < 4.78 is 81.6. The predicted molar refractivity (Wildman–Crippen MR) is 62.0 cm³/mol. The Hall–Kier alpha value is -1.29. The van der Waals surface area contributed by atoms with Crippen molar-refractivity contribution in [2.75, 3.05) is 7.11 Å². The second kappa shape index (κ2) is 5.73. The molecule has 2 atom stereocenters. The minimum absolute atomic E-state index is 0.100. The van der Waals surface area contributed by atoms with Crippen LogP contribution in [-0.2, 0) is 23.9 Å². The van der Waals surface area contributed by atoms with Gasteiger partial charge in [0.25, 0.3) is 0 Å². The van der Waals surface area contributed by atoms with Crippen molar-refractivity contribution in [1.82, 2.24) is 9.78 Å². The number of hydrogen-bond acceptors (Lipinski definition) is 3. The zero-order valence-corrected chi connectivity index (χ0v) is 11.5. The molecule has 0 spiro atoms. The van der Waals surface area contributed by atoms with Crippen molar-refractivity contribution in [3.63, 3.8) is 0 Å². The number of halogens is 6. The first kappa shape index (κ1) is 17.1. The summed E-state index contributed by atoms with van der Waals surface area (Å²) >= 11 is 0. The number of alkyl halides is 6. The molecule has 1 unspecified atom stereocenters. The van der Waals surface area contributed by atoms with E-state index in [0.29, 0.717) is 0 Å². The van der Waals surface area contributed by atoms with E-state index in [4.69, 9.17) is 0 Å². The van der Waals surface area contributed by atoms with Crippen LogP contribution in [0.3, 0.4) is 0 Å². The van der Waals surface area contributed by atoms with Crippen LogP contribution in [0.4, 0.5) is 26.3 Å². The summed E-state index contributed by atoms with van der Waals surface area (Å²) in [6.07, 6.45) is -13.0. The number of aromatic nitrogens is 2. The molecule has 0 aliphatic heterocycles. The molecule has 0 radical (unpaired) electrons. The second-order valence-corrected chi connectivity index (χ2v) is 5.04. The molecule has 0 bridgehead atoms. The minimum atomic E-state index is -4.76. The summed E-state index contributed by atoms with van der Waals surface area (Å²) in [7, 11) is 0.885. The Bertz CT molecular complexity index is 537. The van der Waals surface area contributed by atoms with E-state index in [2.05, 4.69) is 9.84 Å². The van der Waals surface area contributed by atoms with E-state index in [1.54, 1.807) is 0 Å². The molecule has 0 saturated carbocycles. The van der Waals surface area contributed by atoms with Crippen molar-refractivity contribution in [1.29, 1.82) is 0 Å². The van der Waals surface area contributed by atoms with Gasteiger partial charge in [-0.1, -0.05) is 0 Å². The van der Waals surface area contributed by atoms with Crippen LogP contribution in [0.2, 0.25) is 0 Å². The van der Waals surface area contributed by atoms with Crippen molar-refractivity contribution in [2.45, 2.75) is 50.4 Å². The maximum absolute atomic E-state index is 12.9. The number of ether oxygens (including phenoxy) is 1. The molecule has 1 heterocycles. The van der Waals surface area contributed by atoms with Crippen molar-refractivity contribution < 1.29 is 36.2 Å². The van der Waals surface area contributed by atoms with Gasteiger partial charge in [0, 0.05) is 31.3 Å². The van der Waals surface area contributed by atoms with Crippen LogP contribution in [0.1, 0.15) is 35.9 Å². The standard InChI is InChI=1S/C12H14F6N2O2/c1-22-8(11(13,14)15)4-5-20-6-2-3-7(21)9(6)10(19-20)12(16,17)18/h7-8,21H,2-5H2,1H3/t7?,8-/m1/s1. The summed E-state index contributed by atoms with van der Waals surface area (Å²) in [4.78, 5) is 0. The first-order valence-electron chi connectivity index (χ1n) is 6.50. The molecule has 2 rings (SSSR count). The molecule has 0 saturated heterocycles. The molecule has 1 aromatic heterocycles. The van der Waals surface area contributed by atoms with Crippen LogP contribution < -0.4 is 0 Å². The second-order valence-electron chi connectivity index (χ2n) is 5.04. The maximum atomic E-state index is 12.9. The maximum Gasteiger partial charge on any atom is 0.435 e. The molecule has 0 amide bonds. The molecule has 1 aliphatic carbocycles. The van der Waals surface area contributed by atoms with Crippen LogP contribution >= 0.6 is 0 Å². The lowest BCUT2D eigenvalue weighted by Gasteiger charge is -2.18. The van der Waals surface area contributed by atoms with E-state index in [1.165, 1.54) is 0 Å². The van der Waals surface area contributed by atoms with Gasteiger partial charge < -0.3 is 9.84 Å². The van der Waals surface area contributed by atoms with Crippen LogP contribution in [-0.4, -0.2) is 34.3 Å². The zero-order valence-electron chi connectivity index (χ0n) is 11.5. The highest BCUT2D eigenvalue weighted by molar-refractivity contribution is 5.34. The van der Waals surface area contributed by atoms with E-state index >= 15 is 0 Å². The monoisotopic (exact) mass is 332 g/mol. The summed E-state index contributed by atoms with van der Waals surface area (Å²) in [5.74, 6) is 0. The van der Waals surface area contributed by atoms with Crippen molar-refractivity contribution in [3.05, 3.63) is 17.0 Å². The van der Waals surface area contributed by atoms with E-state index in [9.17, 15) is 31.4 Å². The van der Waals surface area contributed by atoms with Gasteiger partial charge in [-0.15, -0.1) is 0 Å². The molecule has 1 aliphatic rings. The Morgan fingerprint density at radius 3 is 2.45 bits per heavy atom. The van der Waals surface area contributed by atoms with Crippen LogP contribution in [0.15, 0.2) is 0 Å². The molecular weight excluding hydrogens is 318 g/mol. The Labute approximate surface area is 121 Å². The first-order valence-corrected chi connectivity index (χ1v) is 6.50. The largest absolute Gasteiger partial charge is 0.435 e. The summed E-state index contributed by atoms with van der Waals surface area (Å²) in [5, 5.41) is 13.0. The van der Waals surface area contributed by atoms with Crippen LogP contribution in [0.5, 0.6) is 0 Å². The fraction of sp³-hybridized carbons (Fsp3) is 0.750. The third kappa shape index (κ3) is 3.22. The van der Waals surface area contributed by atoms with Crippen molar-refractivity contribution in [3.8, 4) is 0 Å². The number of nitrogens with zero attached hydrogens (tertiary/aromatic N) is 2. The van der Waals surface area contributed by atoms with Crippen molar-refractivity contribution in [2.24, 2.45) is 0 Å². The molecule has 1 N–H and O–H groups in total. The van der Waals surface area contributed by atoms with Gasteiger partial charge in [-0.25, -0.2) is 0 Å². The van der Waals surface area contributed by atoms with Crippen molar-refractivity contribution >= 4 is 0 Å². The van der Waals surface area contributed by atoms with Gasteiger partial charge in [0.1, 0.15) is 0 Å². The zero-order chi connectivity index (χ0) is 16.7. The molecule has 1 aromatic rings. The topological polar surface area (TPSA) is 47.3 Å². The summed E-state index contributed by atoms with van der Waals surface area (Å²) in [5.41, 5.74) is -1.42. The SMILES string of the molecule is CO[C@H](CCn1nc(C(F)(F)F)c2c1CCC2O)C(F)(F)F. The molecule has 4 nitrogen and oxygen atoms in total. The fourth-order valence-corrected chi connectivity index (χ4v) is 2.59. The number of methoxy groups -OCH3 is 1. The predicted octanol–water partition coefficient (Wildman–Crippen LogP) is 2.85. The van der Waals surface area contributed by atoms with Crippen LogP contribution in [0, 0.1) is 0 Å². The Morgan fingerprint density at radius 1 is 1.32 bits per heavy atom. The Morgan fingerprint density at radius 2 is 1.95 bits per heavy atom. The van der Waals surface area contributed by atoms with E-state index in [1.807, 2.05) is 0 Å². The Balaban J connectivity index is 2.25. The first-order chi connectivity index (χ1) is 10.1. The molecule has 126 valence electrons. The smallest absolute Gasteiger partial charge is 0.388 e. The summed E-state index contributed by atoms with van der Waals surface area (Å²) in [6.45, 7) is -0.372. The molecule has 0 fully saturated rings. The normalized spacial score (nSPS) is 20.3. The number of aryl methyl sites for hydroxylation is 1. The number of hydrogen-bond donors (Lipinski definition) is 1. The van der Waals surface area contributed by atoms with E-state index < -0.39 is 36.7 Å². The quantitative estimate of drug-likeness (QED) is 0.863. The average Bonchev–Trinajstić information content (AvgIpc) is 2.90.